The predicted molar refractivity (Wildman–Crippen MR) is 106 cm³/mol. The second kappa shape index (κ2) is 9.53. The number of Topliss-reactive ketones (excluding diaryl/α,β-unsaturated/α-hetero) is 1. The summed E-state index contributed by atoms with van der Waals surface area (Å²) in [6, 6.07) is 10.8. The maximum Gasteiger partial charge on any atom is 0.340 e. The molecule has 1 N–H and O–H groups in total. The molecule has 0 radical (unpaired) electrons. The van der Waals surface area contributed by atoms with Crippen LogP contribution in [0, 0.1) is 5.92 Å². The van der Waals surface area contributed by atoms with Gasteiger partial charge in [-0.1, -0.05) is 37.0 Å². The van der Waals surface area contributed by atoms with Gasteiger partial charge in [-0.25, -0.2) is 4.79 Å². The molecule has 7 heteroatoms. The molecule has 1 amide bonds. The summed E-state index contributed by atoms with van der Waals surface area (Å²) in [7, 11) is 0. The van der Waals surface area contributed by atoms with E-state index in [0.29, 0.717) is 22.7 Å². The van der Waals surface area contributed by atoms with Gasteiger partial charge in [-0.2, -0.15) is 0 Å². The van der Waals surface area contributed by atoms with E-state index in [4.69, 9.17) is 27.9 Å². The molecule has 0 aliphatic rings. The highest BCUT2D eigenvalue weighted by Gasteiger charge is 2.15. The first-order valence-corrected chi connectivity index (χ1v) is 9.07. The number of hydrogen-bond acceptors (Lipinski definition) is 4. The third kappa shape index (κ3) is 6.38. The topological polar surface area (TPSA) is 72.5 Å². The number of rotatable bonds is 7. The second-order valence-electron chi connectivity index (χ2n) is 6.35. The van der Waals surface area contributed by atoms with Crippen LogP contribution in [0.1, 0.15) is 41.0 Å². The lowest BCUT2D eigenvalue weighted by Crippen LogP contribution is -2.15. The third-order valence-electron chi connectivity index (χ3n) is 3.57. The SMILES string of the molecule is CC(C)CC(=O)Nc1ccc(C(=O)COC(=O)c2ccc(Cl)cc2Cl)cc1. The average molecular weight is 408 g/mol. The number of amides is 1. The lowest BCUT2D eigenvalue weighted by molar-refractivity contribution is -0.116. The molecule has 0 aliphatic heterocycles. The van der Waals surface area contributed by atoms with Crippen molar-refractivity contribution >= 4 is 46.5 Å². The summed E-state index contributed by atoms with van der Waals surface area (Å²) in [6.45, 7) is 3.50. The number of ether oxygens (including phenoxy) is 1. The Kier molecular flexibility index (Phi) is 7.39. The Morgan fingerprint density at radius 3 is 2.30 bits per heavy atom. The minimum atomic E-state index is -0.706. The van der Waals surface area contributed by atoms with Crippen LogP contribution in [0.3, 0.4) is 0 Å². The van der Waals surface area contributed by atoms with E-state index >= 15 is 0 Å². The van der Waals surface area contributed by atoms with Gasteiger partial charge in [-0.15, -0.1) is 0 Å². The maximum absolute atomic E-state index is 12.2. The van der Waals surface area contributed by atoms with Crippen molar-refractivity contribution in [1.82, 2.24) is 0 Å². The summed E-state index contributed by atoms with van der Waals surface area (Å²) in [6.07, 6.45) is 0.421. The van der Waals surface area contributed by atoms with Gasteiger partial charge in [0.1, 0.15) is 0 Å². The third-order valence-corrected chi connectivity index (χ3v) is 4.12. The van der Waals surface area contributed by atoms with Crippen molar-refractivity contribution in [2.75, 3.05) is 11.9 Å². The highest BCUT2D eigenvalue weighted by Crippen LogP contribution is 2.21. The molecule has 0 bridgehead atoms. The highest BCUT2D eigenvalue weighted by molar-refractivity contribution is 6.36. The number of hydrogen-bond donors (Lipinski definition) is 1. The number of carbonyl (C=O) groups is 3. The zero-order valence-corrected chi connectivity index (χ0v) is 16.4. The van der Waals surface area contributed by atoms with Crippen LogP contribution in [0.15, 0.2) is 42.5 Å². The molecule has 0 unspecified atom stereocenters. The molecule has 0 atom stereocenters. The maximum atomic E-state index is 12.2. The lowest BCUT2D eigenvalue weighted by Gasteiger charge is -2.08. The number of benzene rings is 2. The zero-order chi connectivity index (χ0) is 20.0. The molecule has 2 aromatic carbocycles. The fourth-order valence-electron chi connectivity index (χ4n) is 2.27. The van der Waals surface area contributed by atoms with Gasteiger partial charge in [0.25, 0.3) is 0 Å². The van der Waals surface area contributed by atoms with Gasteiger partial charge < -0.3 is 10.1 Å². The first kappa shape index (κ1) is 20.9. The number of halogens is 2. The van der Waals surface area contributed by atoms with Gasteiger partial charge >= 0.3 is 5.97 Å². The summed E-state index contributed by atoms with van der Waals surface area (Å²) >= 11 is 11.7. The average Bonchev–Trinajstić information content (AvgIpc) is 2.59. The Bertz CT molecular complexity index is 848. The fourth-order valence-corrected chi connectivity index (χ4v) is 2.76. The summed E-state index contributed by atoms with van der Waals surface area (Å²) in [5.74, 6) is -0.899. The van der Waals surface area contributed by atoms with Crippen LogP contribution >= 0.6 is 23.2 Å². The summed E-state index contributed by atoms with van der Waals surface area (Å²) in [4.78, 5) is 36.0. The molecule has 2 rings (SSSR count). The summed E-state index contributed by atoms with van der Waals surface area (Å²) < 4.78 is 5.02. The highest BCUT2D eigenvalue weighted by atomic mass is 35.5. The van der Waals surface area contributed by atoms with Crippen molar-refractivity contribution in [3.05, 3.63) is 63.6 Å². The van der Waals surface area contributed by atoms with Crippen LogP contribution < -0.4 is 5.32 Å². The monoisotopic (exact) mass is 407 g/mol. The van der Waals surface area contributed by atoms with E-state index in [1.165, 1.54) is 18.2 Å². The van der Waals surface area contributed by atoms with Crippen LogP contribution in [0.25, 0.3) is 0 Å². The molecule has 0 saturated carbocycles. The molecule has 0 aromatic heterocycles. The van der Waals surface area contributed by atoms with Gasteiger partial charge in [0, 0.05) is 22.7 Å². The van der Waals surface area contributed by atoms with Crippen LogP contribution in [0.4, 0.5) is 5.69 Å². The molecule has 2 aromatic rings. The van der Waals surface area contributed by atoms with E-state index in [1.54, 1.807) is 24.3 Å². The number of ketones is 1. The fraction of sp³-hybridized carbons (Fsp3) is 0.250. The van der Waals surface area contributed by atoms with Crippen LogP contribution in [-0.2, 0) is 9.53 Å². The number of anilines is 1. The Hall–Kier alpha value is -2.37. The minimum Gasteiger partial charge on any atom is -0.454 e. The van der Waals surface area contributed by atoms with E-state index in [0.717, 1.165) is 0 Å². The normalized spacial score (nSPS) is 10.6. The molecular weight excluding hydrogens is 389 g/mol. The smallest absolute Gasteiger partial charge is 0.340 e. The summed E-state index contributed by atoms with van der Waals surface area (Å²) in [5.41, 5.74) is 1.10. The van der Waals surface area contributed by atoms with Crippen LogP contribution in [0.5, 0.6) is 0 Å². The number of carbonyl (C=O) groups excluding carboxylic acids is 3. The molecule has 0 heterocycles. The molecular formula is C20H19Cl2NO4. The standard InChI is InChI=1S/C20H19Cl2NO4/c1-12(2)9-19(25)23-15-6-3-13(4-7-15)18(24)11-27-20(26)16-8-5-14(21)10-17(16)22/h3-8,10,12H,9,11H2,1-2H3,(H,23,25). The quantitative estimate of drug-likeness (QED) is 0.516. The van der Waals surface area contributed by atoms with Crippen LogP contribution in [0.2, 0.25) is 10.0 Å². The molecule has 0 spiro atoms. The van der Waals surface area contributed by atoms with Gasteiger partial charge in [0.05, 0.1) is 10.6 Å². The first-order valence-electron chi connectivity index (χ1n) is 8.31. The predicted octanol–water partition coefficient (Wildman–Crippen LogP) is 5.02. The van der Waals surface area contributed by atoms with Gasteiger partial charge in [0.2, 0.25) is 5.91 Å². The van der Waals surface area contributed by atoms with Crippen molar-refractivity contribution < 1.29 is 19.1 Å². The van der Waals surface area contributed by atoms with Gasteiger partial charge in [0.15, 0.2) is 12.4 Å². The number of nitrogens with one attached hydrogen (secondary N) is 1. The minimum absolute atomic E-state index is 0.0853. The van der Waals surface area contributed by atoms with E-state index in [-0.39, 0.29) is 28.2 Å². The van der Waals surface area contributed by atoms with Crippen molar-refractivity contribution in [1.29, 1.82) is 0 Å². The Labute approximate surface area is 167 Å². The van der Waals surface area contributed by atoms with Gasteiger partial charge in [-0.05, 0) is 48.4 Å². The number of esters is 1. The Balaban J connectivity index is 1.92. The molecule has 0 saturated heterocycles. The zero-order valence-electron chi connectivity index (χ0n) is 14.9. The molecule has 142 valence electrons. The Morgan fingerprint density at radius 1 is 1.04 bits per heavy atom. The first-order chi connectivity index (χ1) is 12.8. The largest absolute Gasteiger partial charge is 0.454 e. The van der Waals surface area contributed by atoms with E-state index < -0.39 is 12.6 Å². The molecule has 0 aliphatic carbocycles. The van der Waals surface area contributed by atoms with E-state index in [2.05, 4.69) is 5.32 Å². The van der Waals surface area contributed by atoms with E-state index in [1.807, 2.05) is 13.8 Å². The summed E-state index contributed by atoms with van der Waals surface area (Å²) in [5, 5.41) is 3.31. The Morgan fingerprint density at radius 2 is 1.70 bits per heavy atom. The lowest BCUT2D eigenvalue weighted by atomic mass is 10.1. The second-order valence-corrected chi connectivity index (χ2v) is 7.19. The van der Waals surface area contributed by atoms with Crippen LogP contribution in [-0.4, -0.2) is 24.3 Å². The van der Waals surface area contributed by atoms with Gasteiger partial charge in [-0.3, -0.25) is 9.59 Å². The van der Waals surface area contributed by atoms with E-state index in [9.17, 15) is 14.4 Å². The molecule has 27 heavy (non-hydrogen) atoms. The molecule has 5 nitrogen and oxygen atoms in total. The van der Waals surface area contributed by atoms with Crippen molar-refractivity contribution in [3.63, 3.8) is 0 Å². The van der Waals surface area contributed by atoms with Crippen molar-refractivity contribution in [3.8, 4) is 0 Å². The molecule has 0 fully saturated rings. The van der Waals surface area contributed by atoms with Crippen molar-refractivity contribution in [2.45, 2.75) is 20.3 Å². The van der Waals surface area contributed by atoms with Crippen molar-refractivity contribution in [2.24, 2.45) is 5.92 Å².